The Balaban J connectivity index is 2.17. The standard InChI is InChI=1S/C14H13ClN2O4/c1-17-11(7-10(16-17)14(18)19)8-3-4-9(15)13-12(8)20-5-2-6-21-13/h3-4,7H,2,5-6H2,1H3,(H,18,19). The van der Waals surface area contributed by atoms with Crippen LogP contribution in [0.3, 0.4) is 0 Å². The zero-order valence-corrected chi connectivity index (χ0v) is 12.1. The van der Waals surface area contributed by atoms with Gasteiger partial charge in [-0.25, -0.2) is 4.79 Å². The highest BCUT2D eigenvalue weighted by Crippen LogP contribution is 2.44. The van der Waals surface area contributed by atoms with Gasteiger partial charge in [-0.3, -0.25) is 4.68 Å². The summed E-state index contributed by atoms with van der Waals surface area (Å²) < 4.78 is 12.9. The molecule has 1 aliphatic rings. The van der Waals surface area contributed by atoms with E-state index in [2.05, 4.69) is 5.10 Å². The number of benzene rings is 1. The first-order valence-corrected chi connectivity index (χ1v) is 6.81. The van der Waals surface area contributed by atoms with Crippen molar-refractivity contribution in [2.75, 3.05) is 13.2 Å². The van der Waals surface area contributed by atoms with Crippen LogP contribution in [0.25, 0.3) is 11.3 Å². The van der Waals surface area contributed by atoms with Crippen LogP contribution in [0, 0.1) is 0 Å². The number of hydrogen-bond donors (Lipinski definition) is 1. The quantitative estimate of drug-likeness (QED) is 0.923. The molecule has 0 aliphatic carbocycles. The highest BCUT2D eigenvalue weighted by Gasteiger charge is 2.22. The highest BCUT2D eigenvalue weighted by molar-refractivity contribution is 6.32. The van der Waals surface area contributed by atoms with Crippen molar-refractivity contribution in [1.82, 2.24) is 9.78 Å². The van der Waals surface area contributed by atoms with Gasteiger partial charge in [0.25, 0.3) is 0 Å². The molecule has 0 amide bonds. The summed E-state index contributed by atoms with van der Waals surface area (Å²) in [5.74, 6) is -0.0567. The first-order valence-electron chi connectivity index (χ1n) is 6.43. The van der Waals surface area contributed by atoms with E-state index in [1.54, 1.807) is 19.2 Å². The molecular formula is C14H13ClN2O4. The summed E-state index contributed by atoms with van der Waals surface area (Å²) in [5, 5.41) is 13.5. The third-order valence-electron chi connectivity index (χ3n) is 3.22. The number of carboxylic acids is 1. The van der Waals surface area contributed by atoms with Gasteiger partial charge in [-0.15, -0.1) is 0 Å². The molecule has 6 nitrogen and oxygen atoms in total. The van der Waals surface area contributed by atoms with E-state index in [9.17, 15) is 4.79 Å². The van der Waals surface area contributed by atoms with Gasteiger partial charge in [0.1, 0.15) is 0 Å². The molecule has 1 N–H and O–H groups in total. The summed E-state index contributed by atoms with van der Waals surface area (Å²) in [4.78, 5) is 11.0. The minimum Gasteiger partial charge on any atom is -0.489 e. The molecule has 2 heterocycles. The van der Waals surface area contributed by atoms with Gasteiger partial charge in [-0.2, -0.15) is 5.10 Å². The Hall–Kier alpha value is -2.21. The van der Waals surface area contributed by atoms with Crippen molar-refractivity contribution >= 4 is 17.6 Å². The lowest BCUT2D eigenvalue weighted by molar-refractivity contribution is 0.0689. The van der Waals surface area contributed by atoms with E-state index in [1.807, 2.05) is 0 Å². The number of aromatic carboxylic acids is 1. The fourth-order valence-corrected chi connectivity index (χ4v) is 2.45. The molecule has 0 fully saturated rings. The molecule has 7 heteroatoms. The van der Waals surface area contributed by atoms with Crippen molar-refractivity contribution in [3.63, 3.8) is 0 Å². The summed E-state index contributed by atoms with van der Waals surface area (Å²) in [7, 11) is 1.68. The van der Waals surface area contributed by atoms with E-state index in [0.29, 0.717) is 41.0 Å². The monoisotopic (exact) mass is 308 g/mol. The van der Waals surface area contributed by atoms with Gasteiger partial charge in [-0.1, -0.05) is 11.6 Å². The average molecular weight is 309 g/mol. The van der Waals surface area contributed by atoms with Gasteiger partial charge >= 0.3 is 5.97 Å². The summed E-state index contributed by atoms with van der Waals surface area (Å²) in [6.45, 7) is 1.05. The van der Waals surface area contributed by atoms with Crippen molar-refractivity contribution in [1.29, 1.82) is 0 Å². The minimum absolute atomic E-state index is 0.0225. The smallest absolute Gasteiger partial charge is 0.356 e. The second kappa shape index (κ2) is 5.29. The Morgan fingerprint density at radius 2 is 2.05 bits per heavy atom. The molecule has 0 spiro atoms. The molecule has 0 saturated heterocycles. The molecule has 1 aromatic carbocycles. The van der Waals surface area contributed by atoms with Crippen LogP contribution in [0.1, 0.15) is 16.9 Å². The first-order chi connectivity index (χ1) is 10.1. The van der Waals surface area contributed by atoms with Crippen molar-refractivity contribution in [2.24, 2.45) is 7.05 Å². The van der Waals surface area contributed by atoms with Crippen molar-refractivity contribution in [2.45, 2.75) is 6.42 Å². The van der Waals surface area contributed by atoms with Gasteiger partial charge in [0.05, 0.1) is 23.9 Å². The van der Waals surface area contributed by atoms with Gasteiger partial charge in [0, 0.05) is 19.0 Å². The maximum Gasteiger partial charge on any atom is 0.356 e. The number of hydrogen-bond acceptors (Lipinski definition) is 4. The minimum atomic E-state index is -1.07. The van der Waals surface area contributed by atoms with E-state index >= 15 is 0 Å². The van der Waals surface area contributed by atoms with Crippen LogP contribution < -0.4 is 9.47 Å². The molecule has 0 atom stereocenters. The molecule has 1 aliphatic heterocycles. The predicted octanol–water partition coefficient (Wildman–Crippen LogP) is 2.60. The van der Waals surface area contributed by atoms with Gasteiger partial charge < -0.3 is 14.6 Å². The second-order valence-corrected chi connectivity index (χ2v) is 5.05. The second-order valence-electron chi connectivity index (χ2n) is 4.65. The number of carbonyl (C=O) groups is 1. The molecular weight excluding hydrogens is 296 g/mol. The van der Waals surface area contributed by atoms with Crippen LogP contribution in [-0.2, 0) is 7.05 Å². The number of carboxylic acid groups (broad SMARTS) is 1. The van der Waals surface area contributed by atoms with Crippen LogP contribution in [0.5, 0.6) is 11.5 Å². The summed E-state index contributed by atoms with van der Waals surface area (Å²) in [6.07, 6.45) is 0.760. The highest BCUT2D eigenvalue weighted by atomic mass is 35.5. The number of ether oxygens (including phenoxy) is 2. The molecule has 110 valence electrons. The number of aryl methyl sites for hydroxylation is 1. The van der Waals surface area contributed by atoms with Crippen molar-refractivity contribution < 1.29 is 19.4 Å². The van der Waals surface area contributed by atoms with Crippen LogP contribution in [0.2, 0.25) is 5.02 Å². The largest absolute Gasteiger partial charge is 0.489 e. The fourth-order valence-electron chi connectivity index (χ4n) is 2.25. The zero-order chi connectivity index (χ0) is 15.0. The number of aromatic nitrogens is 2. The lowest BCUT2D eigenvalue weighted by Crippen LogP contribution is -2.00. The van der Waals surface area contributed by atoms with Gasteiger partial charge in [-0.05, 0) is 18.2 Å². The number of halogens is 1. The summed E-state index contributed by atoms with van der Waals surface area (Å²) in [5.41, 5.74) is 1.32. The predicted molar refractivity (Wildman–Crippen MR) is 76.2 cm³/mol. The zero-order valence-electron chi connectivity index (χ0n) is 11.3. The molecule has 0 unspecified atom stereocenters. The fraction of sp³-hybridized carbons (Fsp3) is 0.286. The van der Waals surface area contributed by atoms with Crippen LogP contribution in [0.15, 0.2) is 18.2 Å². The Morgan fingerprint density at radius 3 is 2.71 bits per heavy atom. The molecule has 3 rings (SSSR count). The van der Waals surface area contributed by atoms with Gasteiger partial charge in [0.2, 0.25) is 0 Å². The third-order valence-corrected chi connectivity index (χ3v) is 3.52. The van der Waals surface area contributed by atoms with E-state index < -0.39 is 5.97 Å². The van der Waals surface area contributed by atoms with Crippen molar-refractivity contribution in [3.8, 4) is 22.8 Å². The summed E-state index contributed by atoms with van der Waals surface area (Å²) >= 11 is 6.15. The number of fused-ring (bicyclic) bond motifs is 1. The summed E-state index contributed by atoms with van der Waals surface area (Å²) in [6, 6.07) is 4.98. The molecule has 21 heavy (non-hydrogen) atoms. The molecule has 0 saturated carbocycles. The van der Waals surface area contributed by atoms with Crippen LogP contribution >= 0.6 is 11.6 Å². The Morgan fingerprint density at radius 1 is 1.33 bits per heavy atom. The third kappa shape index (κ3) is 2.42. The SMILES string of the molecule is Cn1nc(C(=O)O)cc1-c1ccc(Cl)c2c1OCCCO2. The average Bonchev–Trinajstić information content (AvgIpc) is 2.69. The lowest BCUT2D eigenvalue weighted by atomic mass is 10.1. The Kier molecular flexibility index (Phi) is 3.47. The van der Waals surface area contributed by atoms with Crippen molar-refractivity contribution in [3.05, 3.63) is 28.9 Å². The molecule has 1 aromatic heterocycles. The van der Waals surface area contributed by atoms with E-state index in [1.165, 1.54) is 10.7 Å². The van der Waals surface area contributed by atoms with E-state index in [4.69, 9.17) is 26.2 Å². The lowest BCUT2D eigenvalue weighted by Gasteiger charge is -2.13. The first kappa shape index (κ1) is 13.8. The van der Waals surface area contributed by atoms with Crippen LogP contribution in [-0.4, -0.2) is 34.1 Å². The van der Waals surface area contributed by atoms with E-state index in [0.717, 1.165) is 6.42 Å². The molecule has 0 radical (unpaired) electrons. The topological polar surface area (TPSA) is 73.6 Å². The molecule has 2 aromatic rings. The van der Waals surface area contributed by atoms with E-state index in [-0.39, 0.29) is 5.69 Å². The van der Waals surface area contributed by atoms with Gasteiger partial charge in [0.15, 0.2) is 17.2 Å². The number of nitrogens with zero attached hydrogens (tertiary/aromatic N) is 2. The maximum absolute atomic E-state index is 11.0. The Bertz CT molecular complexity index is 711. The number of rotatable bonds is 2. The Labute approximate surface area is 125 Å². The molecule has 0 bridgehead atoms. The maximum atomic E-state index is 11.0. The normalized spacial score (nSPS) is 13.8. The van der Waals surface area contributed by atoms with Crippen LogP contribution in [0.4, 0.5) is 0 Å².